The Morgan fingerprint density at radius 1 is 0.339 bits per heavy atom. The molecule has 0 bridgehead atoms. The van der Waals surface area contributed by atoms with Crippen LogP contribution in [0.2, 0.25) is 0 Å². The number of aromatic nitrogens is 2. The number of benzene rings is 10. The molecular weight excluding hydrogens is 733 g/mol. The molecule has 2 nitrogen and oxygen atoms in total. The summed E-state index contributed by atoms with van der Waals surface area (Å²) in [5, 5.41) is 15.1. The zero-order valence-corrected chi connectivity index (χ0v) is 32.7. The fourth-order valence-electron chi connectivity index (χ4n) is 9.70. The number of hydrogen-bond donors (Lipinski definition) is 1. The van der Waals surface area contributed by atoms with Gasteiger partial charge in [-0.05, 0) is 103 Å². The van der Waals surface area contributed by atoms with Crippen LogP contribution in [0.3, 0.4) is 0 Å². The second kappa shape index (κ2) is 12.5. The minimum Gasteiger partial charge on any atom is -0.340 e. The highest BCUT2D eigenvalue weighted by molar-refractivity contribution is 7.26. The third-order valence-corrected chi connectivity index (χ3v) is 13.7. The molecule has 3 heterocycles. The minimum absolute atomic E-state index is 1.08. The van der Waals surface area contributed by atoms with Gasteiger partial charge >= 0.3 is 0 Å². The first kappa shape index (κ1) is 32.6. The summed E-state index contributed by atoms with van der Waals surface area (Å²) >= 11 is 1.89. The summed E-state index contributed by atoms with van der Waals surface area (Å²) in [5.41, 5.74) is 9.65. The normalized spacial score (nSPS) is 12.1. The number of fused-ring (bicyclic) bond motifs is 11. The average molecular weight is 767 g/mol. The second-order valence-corrected chi connectivity index (χ2v) is 16.8. The number of para-hydroxylation sites is 1. The molecule has 0 aliphatic heterocycles. The molecule has 0 spiro atoms. The summed E-state index contributed by atoms with van der Waals surface area (Å²) < 4.78 is 5.12. The minimum atomic E-state index is 1.08. The van der Waals surface area contributed by atoms with E-state index in [1.54, 1.807) is 0 Å². The molecule has 0 fully saturated rings. The van der Waals surface area contributed by atoms with Crippen LogP contribution in [0.5, 0.6) is 0 Å². The third kappa shape index (κ3) is 4.92. The van der Waals surface area contributed by atoms with Crippen LogP contribution in [-0.2, 0) is 0 Å². The van der Waals surface area contributed by atoms with Gasteiger partial charge in [0.1, 0.15) is 5.82 Å². The number of aromatic amines is 1. The van der Waals surface area contributed by atoms with E-state index < -0.39 is 0 Å². The number of hydrogen-bond acceptors (Lipinski definition) is 1. The molecule has 0 radical (unpaired) electrons. The molecule has 0 saturated carbocycles. The van der Waals surface area contributed by atoms with E-state index in [9.17, 15) is 0 Å². The largest absolute Gasteiger partial charge is 0.340 e. The number of thiophene rings is 1. The second-order valence-electron chi connectivity index (χ2n) is 15.8. The van der Waals surface area contributed by atoms with Gasteiger partial charge in [-0.2, -0.15) is 0 Å². The van der Waals surface area contributed by atoms with Gasteiger partial charge in [0.2, 0.25) is 0 Å². The molecule has 0 atom stereocenters. The Balaban J connectivity index is 0.964. The summed E-state index contributed by atoms with van der Waals surface area (Å²) in [6.07, 6.45) is 0. The Kier molecular flexibility index (Phi) is 6.92. The van der Waals surface area contributed by atoms with Crippen LogP contribution >= 0.6 is 11.3 Å². The molecule has 10 aromatic carbocycles. The van der Waals surface area contributed by atoms with Crippen molar-refractivity contribution in [3.8, 4) is 39.3 Å². The molecule has 0 saturated heterocycles. The van der Waals surface area contributed by atoms with E-state index >= 15 is 0 Å². The Hall–Kier alpha value is -7.46. The van der Waals surface area contributed by atoms with Crippen molar-refractivity contribution in [3.63, 3.8) is 0 Å². The topological polar surface area (TPSA) is 20.7 Å². The fourth-order valence-corrected chi connectivity index (χ4v) is 10.9. The Morgan fingerprint density at radius 2 is 1.00 bits per heavy atom. The van der Waals surface area contributed by atoms with E-state index in [4.69, 9.17) is 0 Å². The van der Waals surface area contributed by atoms with E-state index in [0.29, 0.717) is 0 Å². The molecular formula is C56H34N2S. The lowest BCUT2D eigenvalue weighted by Gasteiger charge is -2.10. The SMILES string of the molecule is c1cc(-c2ccc3cc4c(cc3c2)c2ccccc2n4-c2[nH]c(-c3ccc4ccc5ccccc5c4c3)c3ccccc23)cc(-c2cccc3c2sc2ccccc23)c1. The lowest BCUT2D eigenvalue weighted by molar-refractivity contribution is 1.12. The summed E-state index contributed by atoms with van der Waals surface area (Å²) in [4.78, 5) is 3.99. The summed E-state index contributed by atoms with van der Waals surface area (Å²) in [7, 11) is 0. The monoisotopic (exact) mass is 766 g/mol. The highest BCUT2D eigenvalue weighted by atomic mass is 32.1. The van der Waals surface area contributed by atoms with E-state index in [1.165, 1.54) is 113 Å². The van der Waals surface area contributed by atoms with Crippen molar-refractivity contribution in [2.75, 3.05) is 0 Å². The van der Waals surface area contributed by atoms with Gasteiger partial charge in [-0.3, -0.25) is 4.57 Å². The summed E-state index contributed by atoms with van der Waals surface area (Å²) in [5.74, 6) is 1.08. The van der Waals surface area contributed by atoms with Crippen molar-refractivity contribution >= 4 is 96.4 Å². The van der Waals surface area contributed by atoms with Crippen LogP contribution in [0.25, 0.3) is 124 Å². The molecule has 0 unspecified atom stereocenters. The van der Waals surface area contributed by atoms with Gasteiger partial charge in [-0.25, -0.2) is 0 Å². The molecule has 13 aromatic rings. The van der Waals surface area contributed by atoms with E-state index in [2.05, 4.69) is 210 Å². The Labute approximate surface area is 343 Å². The number of nitrogens with zero attached hydrogens (tertiary/aromatic N) is 1. The average Bonchev–Trinajstić information content (AvgIpc) is 3.97. The van der Waals surface area contributed by atoms with Crippen LogP contribution in [0.1, 0.15) is 0 Å². The van der Waals surface area contributed by atoms with Crippen molar-refractivity contribution in [2.24, 2.45) is 0 Å². The number of nitrogens with one attached hydrogen (secondary N) is 1. The van der Waals surface area contributed by atoms with E-state index in [0.717, 1.165) is 11.5 Å². The van der Waals surface area contributed by atoms with Gasteiger partial charge in [0.25, 0.3) is 0 Å². The first-order valence-electron chi connectivity index (χ1n) is 20.2. The predicted molar refractivity (Wildman–Crippen MR) is 254 cm³/mol. The summed E-state index contributed by atoms with van der Waals surface area (Å²) in [6, 6.07) is 73.9. The number of rotatable bonds is 4. The molecule has 59 heavy (non-hydrogen) atoms. The quantitative estimate of drug-likeness (QED) is 0.172. The Morgan fingerprint density at radius 3 is 1.92 bits per heavy atom. The number of H-pyrrole nitrogens is 1. The molecule has 13 rings (SSSR count). The molecule has 0 aliphatic carbocycles. The van der Waals surface area contributed by atoms with Gasteiger partial charge in [0, 0.05) is 41.7 Å². The highest BCUT2D eigenvalue weighted by Gasteiger charge is 2.20. The zero-order chi connectivity index (χ0) is 38.6. The van der Waals surface area contributed by atoms with Crippen LogP contribution in [0, 0.1) is 0 Å². The van der Waals surface area contributed by atoms with Gasteiger partial charge in [-0.1, -0.05) is 158 Å². The van der Waals surface area contributed by atoms with Crippen molar-refractivity contribution in [1.82, 2.24) is 9.55 Å². The molecule has 1 N–H and O–H groups in total. The first-order chi connectivity index (χ1) is 29.2. The lowest BCUT2D eigenvalue weighted by Crippen LogP contribution is -1.95. The van der Waals surface area contributed by atoms with E-state index in [-0.39, 0.29) is 0 Å². The van der Waals surface area contributed by atoms with Crippen molar-refractivity contribution in [2.45, 2.75) is 0 Å². The van der Waals surface area contributed by atoms with Gasteiger partial charge in [0.15, 0.2) is 0 Å². The van der Waals surface area contributed by atoms with Crippen molar-refractivity contribution in [1.29, 1.82) is 0 Å². The summed E-state index contributed by atoms with van der Waals surface area (Å²) in [6.45, 7) is 0. The van der Waals surface area contributed by atoms with Gasteiger partial charge in [-0.15, -0.1) is 11.3 Å². The fraction of sp³-hybridized carbons (Fsp3) is 0. The maximum absolute atomic E-state index is 3.99. The van der Waals surface area contributed by atoms with Crippen LogP contribution < -0.4 is 0 Å². The van der Waals surface area contributed by atoms with Gasteiger partial charge in [0.05, 0.1) is 16.7 Å². The smallest absolute Gasteiger partial charge is 0.123 e. The highest BCUT2D eigenvalue weighted by Crippen LogP contribution is 2.43. The van der Waals surface area contributed by atoms with Crippen molar-refractivity contribution in [3.05, 3.63) is 200 Å². The molecule has 3 aromatic heterocycles. The molecule has 3 heteroatoms. The van der Waals surface area contributed by atoms with E-state index in [1.807, 2.05) is 11.3 Å². The lowest BCUT2D eigenvalue weighted by atomic mass is 9.96. The maximum atomic E-state index is 3.99. The first-order valence-corrected chi connectivity index (χ1v) is 21.1. The van der Waals surface area contributed by atoms with Crippen LogP contribution in [0.4, 0.5) is 0 Å². The molecule has 0 aliphatic rings. The Bertz CT molecular complexity index is 3860. The predicted octanol–water partition coefficient (Wildman–Crippen LogP) is 16.1. The van der Waals surface area contributed by atoms with Gasteiger partial charge < -0.3 is 4.98 Å². The van der Waals surface area contributed by atoms with Crippen LogP contribution in [-0.4, -0.2) is 9.55 Å². The van der Waals surface area contributed by atoms with Crippen LogP contribution in [0.15, 0.2) is 200 Å². The zero-order valence-electron chi connectivity index (χ0n) is 31.9. The third-order valence-electron chi connectivity index (χ3n) is 12.5. The van der Waals surface area contributed by atoms with Crippen molar-refractivity contribution < 1.29 is 0 Å². The molecule has 274 valence electrons. The maximum Gasteiger partial charge on any atom is 0.123 e. The molecule has 0 amide bonds. The standard InChI is InChI=1S/C56H34N2S/c1-2-14-42-34(11-1)23-24-35-25-28-40(31-49(35)42)54-46-17-3-4-18-48(46)56(57-54)58-51-21-7-5-15-44(51)50-32-41-30-37(26-27-38(41)33-52(50)58)36-12-9-13-39(29-36)43-19-10-20-47-45-16-6-8-22-53(45)59-55(43)47/h1-33,57H.